The second-order valence-corrected chi connectivity index (χ2v) is 3.70. The van der Waals surface area contributed by atoms with E-state index in [1.807, 2.05) is 19.1 Å². The topological polar surface area (TPSA) is 75.3 Å². The highest BCUT2D eigenvalue weighted by Crippen LogP contribution is 2.19. The van der Waals surface area contributed by atoms with Crippen molar-refractivity contribution in [2.45, 2.75) is 13.0 Å². The van der Waals surface area contributed by atoms with Crippen LogP contribution < -0.4 is 11.1 Å². The molecule has 0 aromatic heterocycles. The molecule has 0 aliphatic rings. The molecule has 1 unspecified atom stereocenters. The molecular formula is C10H13ClN2O2. The van der Waals surface area contributed by atoms with Gasteiger partial charge in [-0.25, -0.2) is 0 Å². The molecule has 1 rings (SSSR count). The maximum atomic E-state index is 10.5. The maximum Gasteiger partial charge on any atom is 0.322 e. The number of hydrogen-bond acceptors (Lipinski definition) is 3. The molecule has 0 heterocycles. The minimum absolute atomic E-state index is 0.175. The summed E-state index contributed by atoms with van der Waals surface area (Å²) in [4.78, 5) is 10.5. The first-order chi connectivity index (χ1) is 7.00. The van der Waals surface area contributed by atoms with Crippen LogP contribution in [0.1, 0.15) is 5.56 Å². The normalized spacial score (nSPS) is 12.2. The number of carboxylic acids is 1. The highest BCUT2D eigenvalue weighted by molar-refractivity contribution is 6.31. The lowest BCUT2D eigenvalue weighted by Crippen LogP contribution is -2.36. The first-order valence-corrected chi connectivity index (χ1v) is 4.87. The summed E-state index contributed by atoms with van der Waals surface area (Å²) in [6.45, 7) is 2.07. The lowest BCUT2D eigenvalue weighted by molar-refractivity contribution is -0.138. The largest absolute Gasteiger partial charge is 0.480 e. The molecule has 0 saturated heterocycles. The summed E-state index contributed by atoms with van der Waals surface area (Å²) in [6, 6.07) is 4.52. The van der Waals surface area contributed by atoms with Crippen LogP contribution in [0.25, 0.3) is 0 Å². The minimum Gasteiger partial charge on any atom is -0.480 e. The van der Waals surface area contributed by atoms with Gasteiger partial charge in [-0.1, -0.05) is 17.7 Å². The molecule has 4 N–H and O–H groups in total. The first kappa shape index (κ1) is 11.8. The lowest BCUT2D eigenvalue weighted by Gasteiger charge is -2.10. The molecule has 82 valence electrons. The number of carboxylic acid groups (broad SMARTS) is 1. The summed E-state index contributed by atoms with van der Waals surface area (Å²) in [5.41, 5.74) is 7.08. The fourth-order valence-corrected chi connectivity index (χ4v) is 1.20. The third kappa shape index (κ3) is 3.42. The number of nitrogens with one attached hydrogen (secondary N) is 1. The predicted octanol–water partition coefficient (Wildman–Crippen LogP) is 1.47. The molecule has 0 bridgehead atoms. The number of anilines is 1. The quantitative estimate of drug-likeness (QED) is 0.730. The van der Waals surface area contributed by atoms with Gasteiger partial charge in [0.15, 0.2) is 0 Å². The summed E-state index contributed by atoms with van der Waals surface area (Å²) < 4.78 is 0. The van der Waals surface area contributed by atoms with Crippen LogP contribution in [0.4, 0.5) is 5.69 Å². The summed E-state index contributed by atoms with van der Waals surface area (Å²) in [7, 11) is 0. The minimum atomic E-state index is -1.03. The fourth-order valence-electron chi connectivity index (χ4n) is 1.02. The zero-order valence-electron chi connectivity index (χ0n) is 8.33. The van der Waals surface area contributed by atoms with Crippen LogP contribution in [-0.2, 0) is 4.79 Å². The Morgan fingerprint density at radius 2 is 2.33 bits per heavy atom. The van der Waals surface area contributed by atoms with Gasteiger partial charge in [0, 0.05) is 17.3 Å². The van der Waals surface area contributed by atoms with Gasteiger partial charge in [0.2, 0.25) is 0 Å². The Morgan fingerprint density at radius 3 is 2.87 bits per heavy atom. The van der Waals surface area contributed by atoms with Gasteiger partial charge in [0.1, 0.15) is 6.04 Å². The van der Waals surface area contributed by atoms with Crippen LogP contribution >= 0.6 is 11.6 Å². The van der Waals surface area contributed by atoms with Crippen molar-refractivity contribution in [3.8, 4) is 0 Å². The summed E-state index contributed by atoms with van der Waals surface area (Å²) >= 11 is 5.90. The van der Waals surface area contributed by atoms with Crippen molar-refractivity contribution >= 4 is 23.3 Å². The van der Waals surface area contributed by atoms with Crippen LogP contribution in [0.3, 0.4) is 0 Å². The number of benzene rings is 1. The van der Waals surface area contributed by atoms with Gasteiger partial charge in [0.25, 0.3) is 0 Å². The first-order valence-electron chi connectivity index (χ1n) is 4.49. The fraction of sp³-hybridized carbons (Fsp3) is 0.300. The van der Waals surface area contributed by atoms with Crippen LogP contribution in [0.2, 0.25) is 5.02 Å². The number of nitrogens with two attached hydrogens (primary N) is 1. The van der Waals surface area contributed by atoms with Gasteiger partial charge in [-0.2, -0.15) is 0 Å². The number of halogens is 1. The van der Waals surface area contributed by atoms with Crippen molar-refractivity contribution in [3.63, 3.8) is 0 Å². The highest BCUT2D eigenvalue weighted by atomic mass is 35.5. The molecule has 0 aliphatic carbocycles. The number of carbonyl (C=O) groups is 1. The molecular weight excluding hydrogens is 216 g/mol. The van der Waals surface area contributed by atoms with Gasteiger partial charge in [-0.15, -0.1) is 0 Å². The number of rotatable bonds is 4. The maximum absolute atomic E-state index is 10.5. The molecule has 0 aliphatic heterocycles. The monoisotopic (exact) mass is 228 g/mol. The van der Waals surface area contributed by atoms with E-state index in [0.717, 1.165) is 11.3 Å². The molecule has 15 heavy (non-hydrogen) atoms. The van der Waals surface area contributed by atoms with E-state index in [2.05, 4.69) is 5.32 Å². The Morgan fingerprint density at radius 1 is 1.67 bits per heavy atom. The van der Waals surface area contributed by atoms with Crippen molar-refractivity contribution in [2.75, 3.05) is 11.9 Å². The van der Waals surface area contributed by atoms with E-state index >= 15 is 0 Å². The van der Waals surface area contributed by atoms with E-state index in [4.69, 9.17) is 22.4 Å². The molecule has 0 saturated carbocycles. The van der Waals surface area contributed by atoms with Gasteiger partial charge in [0.05, 0.1) is 0 Å². The van der Waals surface area contributed by atoms with E-state index < -0.39 is 12.0 Å². The van der Waals surface area contributed by atoms with Gasteiger partial charge < -0.3 is 16.2 Å². The predicted molar refractivity (Wildman–Crippen MR) is 60.3 cm³/mol. The van der Waals surface area contributed by atoms with Gasteiger partial charge >= 0.3 is 5.97 Å². The number of hydrogen-bond donors (Lipinski definition) is 3. The molecule has 0 radical (unpaired) electrons. The molecule has 1 atom stereocenters. The Hall–Kier alpha value is -1.26. The van der Waals surface area contributed by atoms with E-state index in [1.165, 1.54) is 0 Å². The molecule has 1 aromatic carbocycles. The Labute approximate surface area is 93.0 Å². The Kier molecular flexibility index (Phi) is 3.94. The second kappa shape index (κ2) is 5.00. The third-order valence-electron chi connectivity index (χ3n) is 2.02. The molecule has 4 nitrogen and oxygen atoms in total. The zero-order valence-corrected chi connectivity index (χ0v) is 9.08. The lowest BCUT2D eigenvalue weighted by atomic mass is 10.2. The highest BCUT2D eigenvalue weighted by Gasteiger charge is 2.10. The standard InChI is InChI=1S/C10H13ClN2O2/c1-6-2-3-7(4-8(6)11)13-5-9(12)10(14)15/h2-4,9,13H,5,12H2,1H3,(H,14,15). The van der Waals surface area contributed by atoms with E-state index in [9.17, 15) is 4.79 Å². The zero-order chi connectivity index (χ0) is 11.4. The van der Waals surface area contributed by atoms with Crippen molar-refractivity contribution in [1.82, 2.24) is 0 Å². The Bertz CT molecular complexity index is 368. The summed E-state index contributed by atoms with van der Waals surface area (Å²) in [6.07, 6.45) is 0. The summed E-state index contributed by atoms with van der Waals surface area (Å²) in [5.74, 6) is -1.03. The van der Waals surface area contributed by atoms with Crippen LogP contribution in [0, 0.1) is 6.92 Å². The molecule has 0 spiro atoms. The molecule has 0 amide bonds. The molecule has 1 aromatic rings. The Balaban J connectivity index is 2.58. The molecule has 0 fully saturated rings. The van der Waals surface area contributed by atoms with E-state index in [1.54, 1.807) is 6.07 Å². The number of aliphatic carboxylic acids is 1. The van der Waals surface area contributed by atoms with Crippen molar-refractivity contribution in [1.29, 1.82) is 0 Å². The third-order valence-corrected chi connectivity index (χ3v) is 2.42. The van der Waals surface area contributed by atoms with Crippen molar-refractivity contribution in [2.24, 2.45) is 5.73 Å². The van der Waals surface area contributed by atoms with Crippen molar-refractivity contribution < 1.29 is 9.90 Å². The van der Waals surface area contributed by atoms with Gasteiger partial charge in [-0.05, 0) is 24.6 Å². The average Bonchev–Trinajstić information content (AvgIpc) is 2.19. The van der Waals surface area contributed by atoms with Crippen LogP contribution in [0.5, 0.6) is 0 Å². The van der Waals surface area contributed by atoms with Crippen LogP contribution in [-0.4, -0.2) is 23.7 Å². The van der Waals surface area contributed by atoms with E-state index in [-0.39, 0.29) is 6.54 Å². The second-order valence-electron chi connectivity index (χ2n) is 3.29. The van der Waals surface area contributed by atoms with Crippen molar-refractivity contribution in [3.05, 3.63) is 28.8 Å². The molecule has 5 heteroatoms. The van der Waals surface area contributed by atoms with Gasteiger partial charge in [-0.3, -0.25) is 4.79 Å². The summed E-state index contributed by atoms with van der Waals surface area (Å²) in [5, 5.41) is 12.1. The van der Waals surface area contributed by atoms with Crippen LogP contribution in [0.15, 0.2) is 18.2 Å². The SMILES string of the molecule is Cc1ccc(NCC(N)C(=O)O)cc1Cl. The number of aryl methyl sites for hydroxylation is 1. The average molecular weight is 229 g/mol. The smallest absolute Gasteiger partial charge is 0.322 e. The van der Waals surface area contributed by atoms with E-state index in [0.29, 0.717) is 5.02 Å².